The van der Waals surface area contributed by atoms with Crippen LogP contribution in [0.25, 0.3) is 27.5 Å². The van der Waals surface area contributed by atoms with Gasteiger partial charge in [-0.1, -0.05) is 197 Å². The second-order valence-corrected chi connectivity index (χ2v) is 65.8. The lowest BCUT2D eigenvalue weighted by molar-refractivity contribution is -0.145. The van der Waals surface area contributed by atoms with E-state index in [-0.39, 0.29) is 96.3 Å². The molecule has 8 aromatic carbocycles. The van der Waals surface area contributed by atoms with E-state index in [0.717, 1.165) is 127 Å². The van der Waals surface area contributed by atoms with Crippen LogP contribution in [-0.4, -0.2) is 100 Å². The average molecular weight is 2000 g/mol. The van der Waals surface area contributed by atoms with Crippen molar-refractivity contribution in [2.75, 3.05) is 74.8 Å². The fraction of sp³-hybridized carbons (Fsp3) is 0.435. The third kappa shape index (κ3) is 19.5. The van der Waals surface area contributed by atoms with Crippen LogP contribution in [0, 0.1) is 25.5 Å². The summed E-state index contributed by atoms with van der Waals surface area (Å²) in [6.45, 7) is 55.2. The number of aromatic hydroxyl groups is 1. The molecule has 17 nitrogen and oxygen atoms in total. The summed E-state index contributed by atoms with van der Waals surface area (Å²) >= 11 is 20.9. The number of benzene rings is 8. The van der Waals surface area contributed by atoms with Crippen LogP contribution < -0.4 is 45.1 Å². The summed E-state index contributed by atoms with van der Waals surface area (Å²) in [6, 6.07) is 44.7. The van der Waals surface area contributed by atoms with Gasteiger partial charge in [-0.25, -0.2) is 4.79 Å². The number of hydrogen-bond acceptors (Lipinski definition) is 22. The van der Waals surface area contributed by atoms with Crippen LogP contribution in [-0.2, 0) is 81.3 Å². The maximum atomic E-state index is 13.2. The number of hydrogen-bond donors (Lipinski definition) is 1. The molecule has 139 heavy (non-hydrogen) atoms. The number of methoxy groups -OCH3 is 2. The largest absolute Gasteiger partial charge is 0.507 e. The highest BCUT2D eigenvalue weighted by atomic mass is 33.7. The first kappa shape index (κ1) is 102. The summed E-state index contributed by atoms with van der Waals surface area (Å²) in [5.74, 6) is 2.82. The highest BCUT2D eigenvalue weighted by molar-refractivity contribution is 9.48. The summed E-state index contributed by atoms with van der Waals surface area (Å²) in [6.07, 6.45) is 13.4. The zero-order valence-electron chi connectivity index (χ0n) is 84.6. The molecule has 0 spiro atoms. The molecule has 2 atom stereocenters. The van der Waals surface area contributed by atoms with Crippen LogP contribution in [0.4, 0.5) is 17.1 Å². The molecular weight excluding hydrogens is 1870 g/mol. The van der Waals surface area contributed by atoms with Crippen molar-refractivity contribution in [3.8, 4) is 23.0 Å². The third-order valence-corrected chi connectivity index (χ3v) is 62.3. The van der Waals surface area contributed by atoms with E-state index in [4.69, 9.17) is 58.9 Å². The van der Waals surface area contributed by atoms with E-state index in [1.54, 1.807) is 75.7 Å². The lowest BCUT2D eigenvalue weighted by Crippen LogP contribution is -2.45. The number of aryl methyl sites for hydroxylation is 2. The molecular formula is C115H132N3O14P2S5+. The molecule has 0 radical (unpaired) electrons. The normalized spacial score (nSPS) is 22.6. The molecule has 10 aromatic rings. The first-order valence-corrected chi connectivity index (χ1v) is 58.8. The van der Waals surface area contributed by atoms with Crippen LogP contribution in [0.15, 0.2) is 171 Å². The van der Waals surface area contributed by atoms with Gasteiger partial charge in [-0.2, -0.15) is 0 Å². The topological polar surface area (TPSA) is 213 Å². The Hall–Kier alpha value is -9.63. The summed E-state index contributed by atoms with van der Waals surface area (Å²) < 4.78 is 30.6. The number of fused-ring (bicyclic) bond motifs is 8. The van der Waals surface area contributed by atoms with Crippen molar-refractivity contribution in [3.63, 3.8) is 0 Å². The van der Waals surface area contributed by atoms with E-state index in [9.17, 15) is 38.7 Å². The number of phenols is 1. The molecule has 2 aromatic heterocycles. The maximum Gasteiger partial charge on any atom is 0.336 e. The van der Waals surface area contributed by atoms with Crippen molar-refractivity contribution >= 4 is 157 Å². The van der Waals surface area contributed by atoms with Crippen LogP contribution in [0.1, 0.15) is 316 Å². The van der Waals surface area contributed by atoms with Gasteiger partial charge in [-0.3, -0.25) is 28.8 Å². The minimum absolute atomic E-state index is 0.0250. The molecule has 1 N–H and O–H groups in total. The van der Waals surface area contributed by atoms with Gasteiger partial charge in [-0.05, 0) is 291 Å². The van der Waals surface area contributed by atoms with Gasteiger partial charge in [0.05, 0.1) is 43.1 Å². The SMILES string of the molecule is CC1=CC(=C2C(=O)c3ccccc3C2=O)Oc2c1cc1c3c2C(C)(C)CCN3CCC1(C)C.CCOC(=O)CC(C)=O.COc1ccc(P2(=S)SP(=S)(c3ccc(OC)cc3)S2)cc1.Cc1cc(=O)oc2c3c4c(cc12)C(C)(C)CCN4CCC3(C)C.Cc1cc(=S)oc2c3c4c(cc12)C(C)(C)CCN4CCC3(C)C.O=C1CC(=O)c2ccccc21.[CH2+]C1(C)CCC2CCC(C)(C)c3ccc(O)c1c32. The number of allylic oxidation sites excluding steroid dienone is 3. The Morgan fingerprint density at radius 1 is 0.496 bits per heavy atom. The molecule has 1 saturated heterocycles. The molecule has 730 valence electrons. The van der Waals surface area contributed by atoms with E-state index >= 15 is 0 Å². The molecule has 1 fully saturated rings. The second kappa shape index (κ2) is 38.2. The highest BCUT2D eigenvalue weighted by Crippen LogP contribution is 3.04. The predicted molar refractivity (Wildman–Crippen MR) is 580 cm³/mol. The first-order valence-electron chi connectivity index (χ1n) is 48.7. The summed E-state index contributed by atoms with van der Waals surface area (Å²) in [5.41, 5.74) is 25.0. The van der Waals surface area contributed by atoms with Crippen molar-refractivity contribution in [1.29, 1.82) is 0 Å². The number of anilines is 3. The van der Waals surface area contributed by atoms with E-state index in [1.165, 1.54) is 122 Å². The molecule has 0 bridgehead atoms. The van der Waals surface area contributed by atoms with Gasteiger partial charge >= 0.3 is 11.6 Å². The summed E-state index contributed by atoms with van der Waals surface area (Å²) in [4.78, 5) is 88.7. The molecule has 22 rings (SSSR count). The minimum atomic E-state index is -1.66. The number of rotatable bonds is 7. The van der Waals surface area contributed by atoms with Crippen LogP contribution in [0.2, 0.25) is 0 Å². The monoisotopic (exact) mass is 2000 g/mol. The van der Waals surface area contributed by atoms with Crippen molar-refractivity contribution in [3.05, 3.63) is 268 Å². The third-order valence-electron chi connectivity index (χ3n) is 30.9. The van der Waals surface area contributed by atoms with Crippen molar-refractivity contribution in [1.82, 2.24) is 0 Å². The fourth-order valence-corrected chi connectivity index (χ4v) is 64.9. The summed E-state index contributed by atoms with van der Waals surface area (Å²) in [7, 11) is 3.34. The number of carbonyl (C=O) groups is 6. The van der Waals surface area contributed by atoms with E-state index in [0.29, 0.717) is 51.0 Å². The number of ketones is 5. The number of carbonyl (C=O) groups excluding carboxylic acids is 6. The molecule has 24 heteroatoms. The number of Topliss-reactive ketones (excluding diaryl/α,β-unsaturated/α-hetero) is 5. The Balaban J connectivity index is 0.000000121. The number of ether oxygens (including phenoxy) is 4. The lowest BCUT2D eigenvalue weighted by Gasteiger charge is -2.49. The summed E-state index contributed by atoms with van der Waals surface area (Å²) in [5, 5.41) is 15.0. The standard InChI is InChI=1S/C29H29NO3.C20H25NO2.C20H25NOS.C17H22O.C14H14O2P2S4.C9H6O2.C6H10O3/c1-16-14-21(22-25(31)17-8-6-7-9-18(17)26(22)32)33-27-19(16)15-20-24-23(27)29(4,5)11-13-30(24)12-10-28(20,2)3;1-12-10-15(22)23-18-13(12)11-14-17-16(18)20(4,5)7-9-21(17)8-6-19(14,2)3;1-12-10-15(23)22-18-13(12)11-14-17-16(18)20(4,5)7-9-21(17)8-6-19(14,2)3;1-16(2)9-7-11-8-10-17(3,4)15-13(18)6-5-12(16)14(11)15;1-15-11-3-7-13(8-4-11)17(19)21-18(20,22-17)14-9-5-12(16-2)6-10-14;10-8-5-9(11)7-4-2-1-3-6(7)8;1-3-9-6(8)4-5(2)7/h6-9,14-15H,10-13H2,1-5H3;2*10-11H,6-9H2,1-5H3;5-6,11H,3,7-10H2,1-2,4H3;3-10H,1-2H3;1-4H,5H2;3-4H2,1-2H3/p+1. The average Bonchev–Trinajstić information content (AvgIpc) is 1.35. The van der Waals surface area contributed by atoms with Crippen LogP contribution in [0.5, 0.6) is 23.0 Å². The van der Waals surface area contributed by atoms with Crippen molar-refractivity contribution in [2.24, 2.45) is 0 Å². The van der Waals surface area contributed by atoms with Gasteiger partial charge in [-0.15, -0.1) is 0 Å². The quantitative estimate of drug-likeness (QED) is 0.0230. The van der Waals surface area contributed by atoms with Gasteiger partial charge in [0, 0.05) is 134 Å². The molecule has 12 aliphatic rings. The molecule has 0 saturated carbocycles. The van der Waals surface area contributed by atoms with E-state index in [1.807, 2.05) is 71.4 Å². The van der Waals surface area contributed by atoms with Crippen molar-refractivity contribution in [2.45, 2.75) is 265 Å². The highest BCUT2D eigenvalue weighted by Gasteiger charge is 2.51. The number of nitrogens with zero attached hydrogens (tertiary/aromatic N) is 3. The molecule has 2 unspecified atom stereocenters. The predicted octanol–water partition coefficient (Wildman–Crippen LogP) is 27.1. The molecule has 0 amide bonds. The van der Waals surface area contributed by atoms with Gasteiger partial charge in [0.15, 0.2) is 16.3 Å². The molecule has 8 aliphatic heterocycles. The minimum Gasteiger partial charge on any atom is -0.507 e. The Labute approximate surface area is 842 Å². The number of esters is 1. The first-order chi connectivity index (χ1) is 65.3. The maximum absolute atomic E-state index is 13.2. The Morgan fingerprint density at radius 3 is 1.36 bits per heavy atom. The van der Waals surface area contributed by atoms with E-state index in [2.05, 4.69) is 193 Å². The molecule has 4 aliphatic carbocycles. The van der Waals surface area contributed by atoms with Gasteiger partial charge < -0.3 is 47.6 Å². The van der Waals surface area contributed by atoms with Crippen molar-refractivity contribution < 1.29 is 61.7 Å². The van der Waals surface area contributed by atoms with E-state index < -0.39 is 14.9 Å². The molecule has 10 heterocycles. The van der Waals surface area contributed by atoms with Gasteiger partial charge in [0.1, 0.15) is 63.1 Å². The Bertz CT molecular complexity index is 6720. The van der Waals surface area contributed by atoms with Gasteiger partial charge in [0.25, 0.3) is 0 Å². The fourth-order valence-electron chi connectivity index (χ4n) is 22.3. The van der Waals surface area contributed by atoms with Gasteiger partial charge in [0.2, 0.25) is 11.6 Å². The Morgan fingerprint density at radius 2 is 0.906 bits per heavy atom. The Kier molecular flexibility index (Phi) is 28.1. The van der Waals surface area contributed by atoms with Crippen LogP contribution >= 0.6 is 43.1 Å². The van der Waals surface area contributed by atoms with Crippen LogP contribution in [0.3, 0.4) is 0 Å². The smallest absolute Gasteiger partial charge is 0.336 e. The zero-order chi connectivity index (χ0) is 100. The zero-order valence-corrected chi connectivity index (χ0v) is 90.5. The second-order valence-electron chi connectivity index (χ2n) is 44.2. The lowest BCUT2D eigenvalue weighted by atomic mass is 9.59. The number of phenolic OH excluding ortho intramolecular Hbond substituents is 1.